The van der Waals surface area contributed by atoms with Gasteiger partial charge in [-0.05, 0) is 35.9 Å². The molecule has 0 amide bonds. The van der Waals surface area contributed by atoms with Crippen molar-refractivity contribution in [2.45, 2.75) is 17.6 Å². The number of sulfonamides is 1. The van der Waals surface area contributed by atoms with Gasteiger partial charge in [0.25, 0.3) is 10.0 Å². The molecule has 0 aliphatic carbocycles. The van der Waals surface area contributed by atoms with Crippen LogP contribution in [0.1, 0.15) is 11.1 Å². The Hall–Kier alpha value is -2.78. The van der Waals surface area contributed by atoms with E-state index in [2.05, 4.69) is 4.98 Å². The lowest BCUT2D eigenvalue weighted by molar-refractivity contribution is -0.137. The van der Waals surface area contributed by atoms with Crippen molar-refractivity contribution in [3.8, 4) is 0 Å². The largest absolute Gasteiger partial charge is 0.417 e. The van der Waals surface area contributed by atoms with E-state index >= 15 is 0 Å². The molecule has 1 aromatic heterocycles. The van der Waals surface area contributed by atoms with Gasteiger partial charge in [-0.15, -0.1) is 0 Å². The van der Waals surface area contributed by atoms with E-state index in [9.17, 15) is 21.6 Å². The molecule has 29 heavy (non-hydrogen) atoms. The first-order valence-corrected chi connectivity index (χ1v) is 10.1. The van der Waals surface area contributed by atoms with Gasteiger partial charge in [0.05, 0.1) is 22.0 Å². The highest BCUT2D eigenvalue weighted by Gasteiger charge is 2.34. The third-order valence-corrected chi connectivity index (χ3v) is 6.05. The molecule has 10 heteroatoms. The smallest absolute Gasteiger partial charge is 0.399 e. The molecule has 0 saturated heterocycles. The minimum atomic E-state index is -4.66. The van der Waals surface area contributed by atoms with Gasteiger partial charge in [-0.25, -0.2) is 17.7 Å². The molecular formula is C19H15ClF3N3O2S. The Bertz CT molecular complexity index is 1110. The van der Waals surface area contributed by atoms with Crippen molar-refractivity contribution in [3.05, 3.63) is 83.0 Å². The number of pyridine rings is 1. The van der Waals surface area contributed by atoms with Crippen LogP contribution in [0, 0.1) is 0 Å². The fourth-order valence-corrected chi connectivity index (χ4v) is 4.30. The van der Waals surface area contributed by atoms with E-state index < -0.39 is 26.8 Å². The van der Waals surface area contributed by atoms with E-state index in [1.165, 1.54) is 24.3 Å². The molecular weight excluding hydrogens is 427 g/mol. The van der Waals surface area contributed by atoms with Gasteiger partial charge in [-0.1, -0.05) is 41.9 Å². The minimum Gasteiger partial charge on any atom is -0.399 e. The molecule has 5 nitrogen and oxygen atoms in total. The first kappa shape index (κ1) is 20.9. The van der Waals surface area contributed by atoms with Crippen molar-refractivity contribution in [1.29, 1.82) is 0 Å². The number of hydrogen-bond donors (Lipinski definition) is 1. The Morgan fingerprint density at radius 1 is 1.03 bits per heavy atom. The van der Waals surface area contributed by atoms with Gasteiger partial charge < -0.3 is 5.73 Å². The first-order valence-electron chi connectivity index (χ1n) is 8.24. The van der Waals surface area contributed by atoms with Gasteiger partial charge in [0.1, 0.15) is 0 Å². The molecule has 3 aromatic rings. The summed E-state index contributed by atoms with van der Waals surface area (Å²) < 4.78 is 66.2. The molecule has 0 spiro atoms. The lowest BCUT2D eigenvalue weighted by Gasteiger charge is -2.25. The molecule has 0 fully saturated rings. The highest BCUT2D eigenvalue weighted by atomic mass is 35.5. The number of hydrogen-bond acceptors (Lipinski definition) is 4. The molecule has 0 radical (unpaired) electrons. The Labute approximate surface area is 170 Å². The lowest BCUT2D eigenvalue weighted by Crippen LogP contribution is -2.31. The predicted molar refractivity (Wildman–Crippen MR) is 105 cm³/mol. The van der Waals surface area contributed by atoms with Gasteiger partial charge >= 0.3 is 6.18 Å². The van der Waals surface area contributed by atoms with Crippen LogP contribution in [0.15, 0.2) is 71.8 Å². The quantitative estimate of drug-likeness (QED) is 0.581. The fraction of sp³-hybridized carbons (Fsp3) is 0.105. The maximum atomic E-state index is 13.2. The van der Waals surface area contributed by atoms with Gasteiger partial charge in [0.15, 0.2) is 5.82 Å². The summed E-state index contributed by atoms with van der Waals surface area (Å²) in [5.41, 5.74) is 5.51. The molecule has 2 N–H and O–H groups in total. The molecule has 0 aliphatic heterocycles. The van der Waals surface area contributed by atoms with Crippen LogP contribution < -0.4 is 10.0 Å². The zero-order chi connectivity index (χ0) is 21.2. The maximum absolute atomic E-state index is 13.2. The second-order valence-electron chi connectivity index (χ2n) is 6.09. The monoisotopic (exact) mass is 441 g/mol. The minimum absolute atomic E-state index is 0.0969. The standard InChI is InChI=1S/C19H15ClF3N3O2S/c20-17-10-14(19(21,22)23)11-25-18(17)26(12-13-4-2-1-3-5-13)29(27,28)16-8-6-15(24)7-9-16/h1-11H,12,24H2. The number of benzene rings is 2. The second kappa shape index (κ2) is 7.92. The average molecular weight is 442 g/mol. The zero-order valence-corrected chi connectivity index (χ0v) is 16.3. The number of anilines is 2. The van der Waals surface area contributed by atoms with E-state index in [0.29, 0.717) is 23.5 Å². The first-order chi connectivity index (χ1) is 13.6. The highest BCUT2D eigenvalue weighted by molar-refractivity contribution is 7.92. The number of nitrogens with zero attached hydrogens (tertiary/aromatic N) is 2. The number of alkyl halides is 3. The predicted octanol–water partition coefficient (Wildman–Crippen LogP) is 4.73. The zero-order valence-electron chi connectivity index (χ0n) is 14.8. The molecule has 3 rings (SSSR count). The molecule has 1 heterocycles. The van der Waals surface area contributed by atoms with E-state index in [4.69, 9.17) is 17.3 Å². The summed E-state index contributed by atoms with van der Waals surface area (Å²) in [6.07, 6.45) is -4.10. The van der Waals surface area contributed by atoms with Crippen LogP contribution in [-0.4, -0.2) is 13.4 Å². The number of rotatable bonds is 5. The van der Waals surface area contributed by atoms with E-state index in [1.54, 1.807) is 30.3 Å². The maximum Gasteiger partial charge on any atom is 0.417 e. The molecule has 0 aliphatic rings. The topological polar surface area (TPSA) is 76.3 Å². The van der Waals surface area contributed by atoms with E-state index in [0.717, 1.165) is 4.31 Å². The molecule has 0 saturated carbocycles. The lowest BCUT2D eigenvalue weighted by atomic mass is 10.2. The number of aromatic nitrogens is 1. The summed E-state index contributed by atoms with van der Waals surface area (Å²) in [4.78, 5) is 3.62. The van der Waals surface area contributed by atoms with Crippen molar-refractivity contribution in [2.75, 3.05) is 10.0 Å². The molecule has 0 bridgehead atoms. The van der Waals surface area contributed by atoms with E-state index in [-0.39, 0.29) is 17.3 Å². The second-order valence-corrected chi connectivity index (χ2v) is 8.36. The van der Waals surface area contributed by atoms with Crippen LogP contribution in [0.3, 0.4) is 0 Å². The Balaban J connectivity index is 2.12. The van der Waals surface area contributed by atoms with Crippen molar-refractivity contribution in [2.24, 2.45) is 0 Å². The summed E-state index contributed by atoms with van der Waals surface area (Å²) in [6.45, 7) is -0.175. The fourth-order valence-electron chi connectivity index (χ4n) is 2.56. The summed E-state index contributed by atoms with van der Waals surface area (Å²) in [5.74, 6) is -0.305. The van der Waals surface area contributed by atoms with E-state index in [1.807, 2.05) is 0 Å². The number of nitrogens with two attached hydrogens (primary N) is 1. The molecule has 152 valence electrons. The summed E-state index contributed by atoms with van der Waals surface area (Å²) in [5, 5.41) is -0.435. The van der Waals surface area contributed by atoms with Gasteiger partial charge in [-0.3, -0.25) is 0 Å². The van der Waals surface area contributed by atoms with Crippen molar-refractivity contribution < 1.29 is 21.6 Å². The van der Waals surface area contributed by atoms with Crippen LogP contribution in [0.25, 0.3) is 0 Å². The summed E-state index contributed by atoms with van der Waals surface area (Å²) >= 11 is 6.03. The van der Waals surface area contributed by atoms with Crippen LogP contribution in [0.2, 0.25) is 5.02 Å². The molecule has 2 aromatic carbocycles. The van der Waals surface area contributed by atoms with Gasteiger partial charge in [-0.2, -0.15) is 13.2 Å². The summed E-state index contributed by atoms with van der Waals surface area (Å²) in [7, 11) is -4.19. The molecule has 0 unspecified atom stereocenters. The van der Waals surface area contributed by atoms with Crippen molar-refractivity contribution in [1.82, 2.24) is 4.98 Å². The van der Waals surface area contributed by atoms with Gasteiger partial charge in [0, 0.05) is 11.9 Å². The van der Waals surface area contributed by atoms with Gasteiger partial charge in [0.2, 0.25) is 0 Å². The number of nitrogen functional groups attached to an aromatic ring is 1. The molecule has 0 atom stereocenters. The Morgan fingerprint density at radius 2 is 1.66 bits per heavy atom. The van der Waals surface area contributed by atoms with Crippen LogP contribution in [0.4, 0.5) is 24.7 Å². The van der Waals surface area contributed by atoms with Crippen LogP contribution >= 0.6 is 11.6 Å². The average Bonchev–Trinajstić information content (AvgIpc) is 2.67. The van der Waals surface area contributed by atoms with Crippen LogP contribution in [0.5, 0.6) is 0 Å². The highest BCUT2D eigenvalue weighted by Crippen LogP contribution is 2.35. The summed E-state index contributed by atoms with van der Waals surface area (Å²) in [6, 6.07) is 14.6. The normalized spacial score (nSPS) is 12.0. The van der Waals surface area contributed by atoms with Crippen molar-refractivity contribution >= 4 is 33.1 Å². The van der Waals surface area contributed by atoms with Crippen molar-refractivity contribution in [3.63, 3.8) is 0 Å². The van der Waals surface area contributed by atoms with Crippen LogP contribution in [-0.2, 0) is 22.7 Å². The number of halogens is 4. The third kappa shape index (κ3) is 4.63. The SMILES string of the molecule is Nc1ccc(S(=O)(=O)N(Cc2ccccc2)c2ncc(C(F)(F)F)cc2Cl)cc1. The third-order valence-electron chi connectivity index (χ3n) is 4.02. The Kier molecular flexibility index (Phi) is 5.72. The Morgan fingerprint density at radius 3 is 2.21 bits per heavy atom.